The van der Waals surface area contributed by atoms with Crippen molar-refractivity contribution in [3.63, 3.8) is 0 Å². The van der Waals surface area contributed by atoms with E-state index >= 15 is 0 Å². The first-order valence-corrected chi connectivity index (χ1v) is 5.93. The molecule has 0 saturated carbocycles. The smallest absolute Gasteiger partial charge is 0.305 e. The molecule has 0 unspecified atom stereocenters. The predicted molar refractivity (Wildman–Crippen MR) is 59.8 cm³/mol. The van der Waals surface area contributed by atoms with E-state index in [0.29, 0.717) is 0 Å². The molecule has 0 aliphatic carbocycles. The summed E-state index contributed by atoms with van der Waals surface area (Å²) in [5.74, 6) is -1.08. The third kappa shape index (κ3) is 4.87. The summed E-state index contributed by atoms with van der Waals surface area (Å²) in [5.41, 5.74) is 0. The van der Waals surface area contributed by atoms with E-state index in [9.17, 15) is 20.1 Å². The monoisotopic (exact) mass is 264 g/mol. The second-order valence-electron chi connectivity index (χ2n) is 4.49. The minimum atomic E-state index is -1.08. The zero-order chi connectivity index (χ0) is 13.7. The summed E-state index contributed by atoms with van der Waals surface area (Å²) in [5, 5.41) is 36.8. The first kappa shape index (κ1) is 15.3. The summed E-state index contributed by atoms with van der Waals surface area (Å²) < 4.78 is 10.5. The van der Waals surface area contributed by atoms with Crippen LogP contribution in [0.3, 0.4) is 0 Å². The molecule has 0 spiro atoms. The van der Waals surface area contributed by atoms with E-state index < -0.39 is 36.7 Å². The molecule has 0 aromatic rings. The fourth-order valence-electron chi connectivity index (χ4n) is 1.72. The molecule has 0 aromatic carbocycles. The molecule has 1 saturated heterocycles. The van der Waals surface area contributed by atoms with Gasteiger partial charge in [0.05, 0.1) is 31.3 Å². The van der Waals surface area contributed by atoms with Crippen LogP contribution in [0.4, 0.5) is 0 Å². The Morgan fingerprint density at radius 3 is 2.72 bits per heavy atom. The third-order valence-corrected chi connectivity index (χ3v) is 2.83. The van der Waals surface area contributed by atoms with Crippen LogP contribution in [0.5, 0.6) is 0 Å². The quantitative estimate of drug-likeness (QED) is 0.490. The van der Waals surface area contributed by atoms with Crippen LogP contribution in [-0.4, -0.2) is 63.7 Å². The summed E-state index contributed by atoms with van der Waals surface area (Å²) in [6.07, 6.45) is -3.93. The summed E-state index contributed by atoms with van der Waals surface area (Å²) in [4.78, 5) is 10.3. The van der Waals surface area contributed by atoms with Crippen molar-refractivity contribution in [1.29, 1.82) is 0 Å². The number of ether oxygens (including phenoxy) is 2. The standard InChI is InChI=1S/C11H20O7/c1-6-8(13)5-9(14)11(18-6)17-3-2-7(12)4-10(15)16/h6-9,11-14H,2-5H2,1H3,(H,15,16)/t6-,7+,8+,9+,11+/m0/s1. The van der Waals surface area contributed by atoms with Gasteiger partial charge in [-0.2, -0.15) is 0 Å². The number of hydrogen-bond donors (Lipinski definition) is 4. The van der Waals surface area contributed by atoms with E-state index in [1.165, 1.54) is 0 Å². The fraction of sp³-hybridized carbons (Fsp3) is 0.909. The van der Waals surface area contributed by atoms with Gasteiger partial charge in [-0.05, 0) is 13.3 Å². The molecule has 0 bridgehead atoms. The van der Waals surface area contributed by atoms with Crippen LogP contribution in [0.2, 0.25) is 0 Å². The topological polar surface area (TPSA) is 116 Å². The van der Waals surface area contributed by atoms with Crippen LogP contribution in [-0.2, 0) is 14.3 Å². The summed E-state index contributed by atoms with van der Waals surface area (Å²) >= 11 is 0. The van der Waals surface area contributed by atoms with Crippen molar-refractivity contribution in [2.75, 3.05) is 6.61 Å². The number of rotatable bonds is 6. The lowest BCUT2D eigenvalue weighted by Crippen LogP contribution is -2.47. The van der Waals surface area contributed by atoms with Crippen LogP contribution >= 0.6 is 0 Å². The maximum Gasteiger partial charge on any atom is 0.305 e. The highest BCUT2D eigenvalue weighted by Crippen LogP contribution is 2.21. The van der Waals surface area contributed by atoms with Crippen molar-refractivity contribution in [1.82, 2.24) is 0 Å². The van der Waals surface area contributed by atoms with Gasteiger partial charge >= 0.3 is 5.97 Å². The van der Waals surface area contributed by atoms with E-state index in [1.807, 2.05) is 0 Å². The molecule has 4 N–H and O–H groups in total. The lowest BCUT2D eigenvalue weighted by Gasteiger charge is -2.35. The number of aliphatic carboxylic acids is 1. The second-order valence-corrected chi connectivity index (χ2v) is 4.49. The molecule has 1 fully saturated rings. The molecule has 106 valence electrons. The molecule has 7 nitrogen and oxygen atoms in total. The van der Waals surface area contributed by atoms with Gasteiger partial charge in [0.2, 0.25) is 0 Å². The van der Waals surface area contributed by atoms with Crippen LogP contribution in [0.15, 0.2) is 0 Å². The Labute approximate surface area is 105 Å². The molecular formula is C11H20O7. The normalized spacial score (nSPS) is 34.2. The first-order chi connectivity index (χ1) is 8.40. The van der Waals surface area contributed by atoms with E-state index in [1.54, 1.807) is 6.92 Å². The Hall–Kier alpha value is -0.730. The van der Waals surface area contributed by atoms with Gasteiger partial charge in [0.15, 0.2) is 6.29 Å². The summed E-state index contributed by atoms with van der Waals surface area (Å²) in [6, 6.07) is 0. The van der Waals surface area contributed by atoms with Crippen LogP contribution in [0, 0.1) is 0 Å². The Morgan fingerprint density at radius 2 is 2.11 bits per heavy atom. The van der Waals surface area contributed by atoms with Crippen molar-refractivity contribution in [3.8, 4) is 0 Å². The minimum absolute atomic E-state index is 0.0823. The van der Waals surface area contributed by atoms with Crippen molar-refractivity contribution in [2.24, 2.45) is 0 Å². The van der Waals surface area contributed by atoms with Gasteiger partial charge in [-0.3, -0.25) is 4.79 Å². The SMILES string of the molecule is C[C@@H]1O[C@@H](OCC[C@@H](O)CC(=O)O)[C@H](O)C[C@H]1O. The molecule has 18 heavy (non-hydrogen) atoms. The lowest BCUT2D eigenvalue weighted by molar-refractivity contribution is -0.262. The number of aliphatic hydroxyl groups is 3. The van der Waals surface area contributed by atoms with Gasteiger partial charge in [0, 0.05) is 6.42 Å². The zero-order valence-corrected chi connectivity index (χ0v) is 10.2. The number of carboxylic acids is 1. The Kier molecular flexibility index (Phi) is 5.97. The van der Waals surface area contributed by atoms with Gasteiger partial charge in [-0.1, -0.05) is 0 Å². The molecule has 1 rings (SSSR count). The first-order valence-electron chi connectivity index (χ1n) is 5.93. The van der Waals surface area contributed by atoms with Crippen molar-refractivity contribution >= 4 is 5.97 Å². The third-order valence-electron chi connectivity index (χ3n) is 2.83. The van der Waals surface area contributed by atoms with Crippen molar-refractivity contribution < 1.29 is 34.7 Å². The molecular weight excluding hydrogens is 244 g/mol. The Bertz CT molecular complexity index is 270. The van der Waals surface area contributed by atoms with Gasteiger partial charge in [0.25, 0.3) is 0 Å². The average Bonchev–Trinajstić information content (AvgIpc) is 2.24. The fourth-order valence-corrected chi connectivity index (χ4v) is 1.72. The van der Waals surface area contributed by atoms with E-state index in [-0.39, 0.29) is 25.9 Å². The molecule has 1 aliphatic heterocycles. The molecule has 5 atom stereocenters. The van der Waals surface area contributed by atoms with Crippen LogP contribution < -0.4 is 0 Å². The maximum absolute atomic E-state index is 10.3. The lowest BCUT2D eigenvalue weighted by atomic mass is 10.0. The average molecular weight is 264 g/mol. The highest BCUT2D eigenvalue weighted by Gasteiger charge is 2.34. The van der Waals surface area contributed by atoms with Gasteiger partial charge in [0.1, 0.15) is 6.10 Å². The number of hydrogen-bond acceptors (Lipinski definition) is 6. The highest BCUT2D eigenvalue weighted by molar-refractivity contribution is 5.67. The zero-order valence-electron chi connectivity index (χ0n) is 10.2. The molecule has 0 amide bonds. The van der Waals surface area contributed by atoms with Crippen molar-refractivity contribution in [3.05, 3.63) is 0 Å². The van der Waals surface area contributed by atoms with Gasteiger partial charge < -0.3 is 29.9 Å². The predicted octanol–water partition coefficient (Wildman–Crippen LogP) is -0.915. The van der Waals surface area contributed by atoms with E-state index in [2.05, 4.69) is 0 Å². The number of carbonyl (C=O) groups is 1. The van der Waals surface area contributed by atoms with E-state index in [0.717, 1.165) is 0 Å². The molecule has 1 aliphatic rings. The Morgan fingerprint density at radius 1 is 1.44 bits per heavy atom. The molecule has 7 heteroatoms. The van der Waals surface area contributed by atoms with Gasteiger partial charge in [-0.15, -0.1) is 0 Å². The summed E-state index contributed by atoms with van der Waals surface area (Å²) in [7, 11) is 0. The van der Waals surface area contributed by atoms with Crippen LogP contribution in [0.25, 0.3) is 0 Å². The maximum atomic E-state index is 10.3. The largest absolute Gasteiger partial charge is 0.481 e. The summed E-state index contributed by atoms with van der Waals surface area (Å²) in [6.45, 7) is 1.76. The second kappa shape index (κ2) is 7.01. The number of aliphatic hydroxyl groups excluding tert-OH is 3. The Balaban J connectivity index is 2.24. The number of carboxylic acid groups (broad SMARTS) is 1. The highest BCUT2D eigenvalue weighted by atomic mass is 16.7. The van der Waals surface area contributed by atoms with E-state index in [4.69, 9.17) is 14.6 Å². The minimum Gasteiger partial charge on any atom is -0.481 e. The van der Waals surface area contributed by atoms with Crippen LogP contribution in [0.1, 0.15) is 26.2 Å². The molecule has 0 aromatic heterocycles. The molecule has 0 radical (unpaired) electrons. The molecule has 1 heterocycles. The van der Waals surface area contributed by atoms with Gasteiger partial charge in [-0.25, -0.2) is 0 Å². The van der Waals surface area contributed by atoms with Crippen molar-refractivity contribution in [2.45, 2.75) is 56.9 Å².